The van der Waals surface area contributed by atoms with Crippen LogP contribution in [0.5, 0.6) is 0 Å². The van der Waals surface area contributed by atoms with Crippen molar-refractivity contribution >= 4 is 37.7 Å². The molecule has 1 aliphatic rings. The molecule has 2 rings (SSSR count). The van der Waals surface area contributed by atoms with Crippen LogP contribution in [0.1, 0.15) is 47.1 Å². The Kier molecular flexibility index (Phi) is 5.39. The first-order valence-electron chi connectivity index (χ1n) is 8.29. The number of H-pyrrole nitrogens is 1. The molecule has 2 heterocycles. The molecule has 27 heavy (non-hydrogen) atoms. The van der Waals surface area contributed by atoms with E-state index in [0.717, 1.165) is 0 Å². The van der Waals surface area contributed by atoms with Gasteiger partial charge in [-0.15, -0.1) is 0 Å². The lowest BCUT2D eigenvalue weighted by Gasteiger charge is -2.38. The third-order valence-electron chi connectivity index (χ3n) is 4.25. The number of carbonyl (C=O) groups excluding carboxylic acids is 1. The molecule has 0 aliphatic carbocycles. The maximum atomic E-state index is 13.0. The van der Waals surface area contributed by atoms with Crippen molar-refractivity contribution in [2.75, 3.05) is 5.75 Å². The van der Waals surface area contributed by atoms with Crippen LogP contribution in [0, 0.1) is 0 Å². The van der Waals surface area contributed by atoms with Crippen LogP contribution in [0.4, 0.5) is 4.79 Å². The number of amidine groups is 1. The Morgan fingerprint density at radius 3 is 2.48 bits per heavy atom. The maximum Gasteiger partial charge on any atom is 0.413 e. The average Bonchev–Trinajstić information content (AvgIpc) is 2.45. The minimum absolute atomic E-state index is 0.0649. The van der Waals surface area contributed by atoms with Gasteiger partial charge in [-0.3, -0.25) is 15.1 Å². The summed E-state index contributed by atoms with van der Waals surface area (Å²) in [5.41, 5.74) is -2.39. The van der Waals surface area contributed by atoms with Crippen molar-refractivity contribution in [3.05, 3.63) is 32.7 Å². The largest absolute Gasteiger partial charge is 0.444 e. The zero-order valence-corrected chi connectivity index (χ0v) is 18.5. The number of amides is 1. The molecule has 2 N–H and O–H groups in total. The molecule has 1 aromatic heterocycles. The quantitative estimate of drug-likeness (QED) is 0.665. The first-order valence-corrected chi connectivity index (χ1v) is 10.7. The number of nitrogens with one attached hydrogen (secondary N) is 2. The number of aliphatic imine (C=N–C) groups is 1. The second-order valence-corrected chi connectivity index (χ2v) is 11.6. The molecule has 1 aliphatic heterocycles. The van der Waals surface area contributed by atoms with E-state index in [1.807, 2.05) is 0 Å². The molecule has 1 aromatic rings. The molecule has 8 nitrogen and oxygen atoms in total. The maximum absolute atomic E-state index is 13.0. The Bertz CT molecular complexity index is 960. The highest BCUT2D eigenvalue weighted by Crippen LogP contribution is 2.36. The summed E-state index contributed by atoms with van der Waals surface area (Å²) in [6.45, 7) is 9.56. The Morgan fingerprint density at radius 1 is 1.33 bits per heavy atom. The molecule has 1 atom stereocenters. The third kappa shape index (κ3) is 4.43. The van der Waals surface area contributed by atoms with Gasteiger partial charge in [-0.2, -0.15) is 0 Å². The summed E-state index contributed by atoms with van der Waals surface area (Å²) in [5, 5.41) is 2.47. The van der Waals surface area contributed by atoms with Crippen molar-refractivity contribution in [1.29, 1.82) is 0 Å². The lowest BCUT2D eigenvalue weighted by Crippen LogP contribution is -2.58. The van der Waals surface area contributed by atoms with Crippen LogP contribution in [0.25, 0.3) is 0 Å². The molecule has 0 unspecified atom stereocenters. The van der Waals surface area contributed by atoms with Crippen molar-refractivity contribution in [3.8, 4) is 0 Å². The topological polar surface area (TPSA) is 118 Å². The Hall–Kier alpha value is -1.68. The van der Waals surface area contributed by atoms with E-state index in [1.165, 1.54) is 26.1 Å². The molecule has 150 valence electrons. The minimum Gasteiger partial charge on any atom is -0.444 e. The highest BCUT2D eigenvalue weighted by atomic mass is 79.9. The van der Waals surface area contributed by atoms with Gasteiger partial charge in [0.05, 0.1) is 5.75 Å². The summed E-state index contributed by atoms with van der Waals surface area (Å²) >= 11 is 3.27. The predicted octanol–water partition coefficient (Wildman–Crippen LogP) is 2.48. The van der Waals surface area contributed by atoms with Gasteiger partial charge in [-0.05, 0) is 63.5 Å². The van der Waals surface area contributed by atoms with E-state index in [4.69, 9.17) is 4.74 Å². The van der Waals surface area contributed by atoms with Gasteiger partial charge in [-0.25, -0.2) is 13.2 Å². The van der Waals surface area contributed by atoms with Crippen molar-refractivity contribution in [1.82, 2.24) is 10.3 Å². The third-order valence-corrected chi connectivity index (χ3v) is 7.39. The summed E-state index contributed by atoms with van der Waals surface area (Å²) < 4.78 is 30.3. The number of hydrogen-bond donors (Lipinski definition) is 2. The Labute approximate surface area is 166 Å². The number of sulfone groups is 1. The number of carbonyl (C=O) groups is 1. The van der Waals surface area contributed by atoms with E-state index in [1.54, 1.807) is 27.7 Å². The number of ether oxygens (including phenoxy) is 1. The van der Waals surface area contributed by atoms with E-state index in [9.17, 15) is 18.0 Å². The first kappa shape index (κ1) is 21.6. The van der Waals surface area contributed by atoms with E-state index in [0.29, 0.717) is 4.47 Å². The number of alkyl carbamates (subject to hydrolysis) is 1. The van der Waals surface area contributed by atoms with Gasteiger partial charge in [0.2, 0.25) is 0 Å². The molecule has 0 radical (unpaired) electrons. The normalized spacial score (nSPS) is 24.0. The van der Waals surface area contributed by atoms with Gasteiger partial charge >= 0.3 is 6.09 Å². The summed E-state index contributed by atoms with van der Waals surface area (Å²) in [6, 6.07) is 1.53. The molecule has 0 fully saturated rings. The molecule has 0 saturated heterocycles. The molecule has 10 heteroatoms. The smallest absolute Gasteiger partial charge is 0.413 e. The zero-order valence-electron chi connectivity index (χ0n) is 16.1. The number of halogens is 1. The van der Waals surface area contributed by atoms with Crippen LogP contribution in [-0.2, 0) is 20.1 Å². The van der Waals surface area contributed by atoms with Crippen molar-refractivity contribution in [2.24, 2.45) is 4.99 Å². The van der Waals surface area contributed by atoms with E-state index >= 15 is 0 Å². The van der Waals surface area contributed by atoms with E-state index in [-0.39, 0.29) is 17.2 Å². The standard InChI is InChI=1S/C17H24BrN3O5S/c1-15(2,3)26-14(23)20-13-16(4,5)27(24,25)9-17(6,21-13)11-7-10(18)8-19-12(11)22/h7-8H,9H2,1-6H3,(H,19,22)(H,20,21,23)/t17-/m0/s1. The Morgan fingerprint density at radius 2 is 1.93 bits per heavy atom. The predicted molar refractivity (Wildman–Crippen MR) is 107 cm³/mol. The number of pyridine rings is 1. The summed E-state index contributed by atoms with van der Waals surface area (Å²) in [4.78, 5) is 31.6. The van der Waals surface area contributed by atoms with Gasteiger partial charge in [-0.1, -0.05) is 0 Å². The van der Waals surface area contributed by atoms with Crippen molar-refractivity contribution in [3.63, 3.8) is 0 Å². The summed E-state index contributed by atoms with van der Waals surface area (Å²) in [6.07, 6.45) is 0.650. The molecular weight excluding hydrogens is 438 g/mol. The summed E-state index contributed by atoms with van der Waals surface area (Å²) in [7, 11) is -3.75. The SMILES string of the molecule is CC(C)(C)OC(=O)NC1=N[C@](C)(c2cc(Br)c[nH]c2=O)CS(=O)(=O)C1(C)C. The molecule has 0 spiro atoms. The van der Waals surface area contributed by atoms with Crippen LogP contribution in [-0.4, -0.2) is 41.4 Å². The zero-order chi connectivity index (χ0) is 20.8. The number of aromatic amines is 1. The van der Waals surface area contributed by atoms with Crippen LogP contribution in [0.3, 0.4) is 0 Å². The number of hydrogen-bond acceptors (Lipinski definition) is 6. The lowest BCUT2D eigenvalue weighted by molar-refractivity contribution is 0.0560. The molecule has 0 saturated carbocycles. The van der Waals surface area contributed by atoms with Crippen molar-refractivity contribution < 1.29 is 17.9 Å². The van der Waals surface area contributed by atoms with Gasteiger partial charge in [0.1, 0.15) is 21.7 Å². The van der Waals surface area contributed by atoms with Crippen LogP contribution in [0.15, 0.2) is 26.5 Å². The van der Waals surface area contributed by atoms with E-state index < -0.39 is 37.4 Å². The average molecular weight is 462 g/mol. The fourth-order valence-electron chi connectivity index (χ4n) is 2.69. The van der Waals surface area contributed by atoms with Crippen LogP contribution >= 0.6 is 15.9 Å². The van der Waals surface area contributed by atoms with E-state index in [2.05, 4.69) is 31.2 Å². The number of nitrogens with zero attached hydrogens (tertiary/aromatic N) is 1. The monoisotopic (exact) mass is 461 g/mol. The van der Waals surface area contributed by atoms with Gasteiger partial charge in [0, 0.05) is 16.2 Å². The molecule has 0 aromatic carbocycles. The second kappa shape index (κ2) is 6.73. The molecule has 0 bridgehead atoms. The first-order chi connectivity index (χ1) is 12.1. The van der Waals surface area contributed by atoms with Crippen LogP contribution < -0.4 is 10.9 Å². The van der Waals surface area contributed by atoms with Gasteiger partial charge in [0.15, 0.2) is 9.84 Å². The number of rotatable bonds is 1. The second-order valence-electron chi connectivity index (χ2n) is 8.19. The molecular formula is C17H24BrN3O5S. The number of aromatic nitrogens is 1. The van der Waals surface area contributed by atoms with Crippen molar-refractivity contribution in [2.45, 2.75) is 57.4 Å². The lowest BCUT2D eigenvalue weighted by atomic mass is 9.95. The molecule has 1 amide bonds. The van der Waals surface area contributed by atoms with Gasteiger partial charge < -0.3 is 9.72 Å². The van der Waals surface area contributed by atoms with Crippen LogP contribution in [0.2, 0.25) is 0 Å². The highest BCUT2D eigenvalue weighted by molar-refractivity contribution is 9.10. The Balaban J connectivity index is 2.59. The fraction of sp³-hybridized carbons (Fsp3) is 0.588. The van der Waals surface area contributed by atoms with Gasteiger partial charge in [0.25, 0.3) is 5.56 Å². The highest BCUT2D eigenvalue weighted by Gasteiger charge is 2.51. The minimum atomic E-state index is -3.75. The summed E-state index contributed by atoms with van der Waals surface area (Å²) in [5.74, 6) is -0.434. The fourth-order valence-corrected chi connectivity index (χ4v) is 4.74.